The van der Waals surface area contributed by atoms with E-state index in [-0.39, 0.29) is 17.1 Å². The second-order valence-corrected chi connectivity index (χ2v) is 9.32. The number of hydrogen-bond acceptors (Lipinski definition) is 6. The molecule has 10 heteroatoms. The van der Waals surface area contributed by atoms with Crippen LogP contribution in [0.3, 0.4) is 0 Å². The predicted octanol–water partition coefficient (Wildman–Crippen LogP) is 3.82. The number of hydrogen-bond donors (Lipinski definition) is 1. The van der Waals surface area contributed by atoms with Crippen LogP contribution in [0.4, 0.5) is 11.4 Å². The lowest BCUT2D eigenvalue weighted by Crippen LogP contribution is -2.30. The van der Waals surface area contributed by atoms with E-state index in [1.54, 1.807) is 0 Å². The summed E-state index contributed by atoms with van der Waals surface area (Å²) in [6.45, 7) is 1.77. The molecule has 0 radical (unpaired) electrons. The minimum atomic E-state index is -3.70. The summed E-state index contributed by atoms with van der Waals surface area (Å²) in [6, 6.07) is 20.5. The summed E-state index contributed by atoms with van der Waals surface area (Å²) in [7, 11) is -2.19. The van der Waals surface area contributed by atoms with E-state index in [2.05, 4.69) is 5.32 Å². The molecule has 0 heterocycles. The Bertz CT molecular complexity index is 1210. The van der Waals surface area contributed by atoms with Crippen LogP contribution in [0.25, 0.3) is 0 Å². The fraction of sp³-hybridized carbons (Fsp3) is 0.174. The van der Waals surface area contributed by atoms with Crippen molar-refractivity contribution >= 4 is 27.3 Å². The molecule has 1 atom stereocenters. The summed E-state index contributed by atoms with van der Waals surface area (Å²) >= 11 is 0. The monoisotopic (exact) mass is 469 g/mol. The van der Waals surface area contributed by atoms with E-state index in [9.17, 15) is 23.3 Å². The number of carbonyl (C=O) groups is 1. The molecule has 1 amide bonds. The van der Waals surface area contributed by atoms with Gasteiger partial charge in [0, 0.05) is 31.4 Å². The standard InChI is InChI=1S/C23H23N3O6S/c1-17(32-21-12-10-20(11-13-21)26(28)29)23(27)24-19-8-14-22(15-9-19)33(30,31)25(2)16-18-6-4-3-5-7-18/h3-15,17H,16H2,1-2H3,(H,24,27)/t17-/m1/s1. The number of non-ortho nitro benzene ring substituents is 1. The number of nitro groups is 1. The number of nitrogens with one attached hydrogen (secondary N) is 1. The highest BCUT2D eigenvalue weighted by Crippen LogP contribution is 2.21. The quantitative estimate of drug-likeness (QED) is 0.376. The van der Waals surface area contributed by atoms with Crippen LogP contribution in [0.5, 0.6) is 5.75 Å². The Hall–Kier alpha value is -3.76. The number of rotatable bonds is 9. The van der Waals surface area contributed by atoms with Gasteiger partial charge in [0.1, 0.15) is 5.75 Å². The van der Waals surface area contributed by atoms with Crippen molar-refractivity contribution in [1.82, 2.24) is 4.31 Å². The lowest BCUT2D eigenvalue weighted by atomic mass is 10.2. The third-order valence-electron chi connectivity index (χ3n) is 4.81. The Morgan fingerprint density at radius 1 is 1.03 bits per heavy atom. The Labute approximate surface area is 191 Å². The van der Waals surface area contributed by atoms with Crippen molar-refractivity contribution in [3.05, 3.63) is 94.5 Å². The first-order chi connectivity index (χ1) is 15.7. The molecule has 0 saturated carbocycles. The molecule has 0 aliphatic carbocycles. The van der Waals surface area contributed by atoms with Gasteiger partial charge in [-0.25, -0.2) is 8.42 Å². The maximum Gasteiger partial charge on any atom is 0.269 e. The first-order valence-corrected chi connectivity index (χ1v) is 11.4. The van der Waals surface area contributed by atoms with E-state index in [4.69, 9.17) is 4.74 Å². The van der Waals surface area contributed by atoms with Crippen molar-refractivity contribution < 1.29 is 22.9 Å². The van der Waals surface area contributed by atoms with Gasteiger partial charge in [-0.1, -0.05) is 30.3 Å². The van der Waals surface area contributed by atoms with Gasteiger partial charge < -0.3 is 10.1 Å². The van der Waals surface area contributed by atoms with E-state index in [1.165, 1.54) is 66.8 Å². The van der Waals surface area contributed by atoms with E-state index < -0.39 is 27.0 Å². The Morgan fingerprint density at radius 3 is 2.21 bits per heavy atom. The highest BCUT2D eigenvalue weighted by Gasteiger charge is 2.21. The number of amides is 1. The summed E-state index contributed by atoms with van der Waals surface area (Å²) < 4.78 is 32.4. The average molecular weight is 470 g/mol. The summed E-state index contributed by atoms with van der Waals surface area (Å²) in [6.07, 6.45) is -0.883. The third-order valence-corrected chi connectivity index (χ3v) is 6.63. The van der Waals surface area contributed by atoms with Gasteiger partial charge in [-0.2, -0.15) is 4.31 Å². The maximum atomic E-state index is 12.8. The molecule has 0 fully saturated rings. The number of ether oxygens (including phenoxy) is 1. The van der Waals surface area contributed by atoms with Gasteiger partial charge in [0.2, 0.25) is 10.0 Å². The Balaban J connectivity index is 1.60. The van der Waals surface area contributed by atoms with Crippen LogP contribution in [-0.2, 0) is 21.4 Å². The minimum absolute atomic E-state index is 0.0797. The molecular formula is C23H23N3O6S. The molecule has 172 valence electrons. The van der Waals surface area contributed by atoms with E-state index in [1.807, 2.05) is 30.3 Å². The number of nitrogens with zero attached hydrogens (tertiary/aromatic N) is 2. The van der Waals surface area contributed by atoms with Crippen LogP contribution in [0.2, 0.25) is 0 Å². The smallest absolute Gasteiger partial charge is 0.269 e. The van der Waals surface area contributed by atoms with Gasteiger partial charge in [-0.05, 0) is 48.9 Å². The van der Waals surface area contributed by atoms with Gasteiger partial charge in [-0.15, -0.1) is 0 Å². The topological polar surface area (TPSA) is 119 Å². The van der Waals surface area contributed by atoms with Crippen molar-refractivity contribution in [2.24, 2.45) is 0 Å². The number of benzene rings is 3. The molecule has 0 aromatic heterocycles. The Kier molecular flexibility index (Phi) is 7.41. The van der Waals surface area contributed by atoms with Gasteiger partial charge in [-0.3, -0.25) is 14.9 Å². The van der Waals surface area contributed by atoms with Gasteiger partial charge in [0.15, 0.2) is 6.10 Å². The molecule has 3 rings (SSSR count). The van der Waals surface area contributed by atoms with Gasteiger partial charge in [0.25, 0.3) is 11.6 Å². The van der Waals surface area contributed by atoms with Crippen LogP contribution < -0.4 is 10.1 Å². The second kappa shape index (κ2) is 10.2. The number of nitro benzene ring substituents is 1. The van der Waals surface area contributed by atoms with Crippen LogP contribution in [0.1, 0.15) is 12.5 Å². The normalized spacial score (nSPS) is 12.2. The molecule has 3 aromatic rings. The number of anilines is 1. The van der Waals surface area contributed by atoms with Crippen LogP contribution in [-0.4, -0.2) is 36.7 Å². The summed E-state index contributed by atoms with van der Waals surface area (Å²) in [5.41, 5.74) is 1.20. The predicted molar refractivity (Wildman–Crippen MR) is 123 cm³/mol. The van der Waals surface area contributed by atoms with E-state index in [0.29, 0.717) is 11.4 Å². The van der Waals surface area contributed by atoms with E-state index in [0.717, 1.165) is 5.56 Å². The second-order valence-electron chi connectivity index (χ2n) is 7.27. The SMILES string of the molecule is C[C@@H](Oc1ccc([N+](=O)[O-])cc1)C(=O)Nc1ccc(S(=O)(=O)N(C)Cc2ccccc2)cc1. The first kappa shape index (κ1) is 23.9. The summed E-state index contributed by atoms with van der Waals surface area (Å²) in [5, 5.41) is 13.4. The number of sulfonamides is 1. The molecule has 0 bridgehead atoms. The zero-order valence-electron chi connectivity index (χ0n) is 18.0. The molecule has 0 spiro atoms. The highest BCUT2D eigenvalue weighted by molar-refractivity contribution is 7.89. The average Bonchev–Trinajstić information content (AvgIpc) is 2.80. The molecule has 0 aliphatic rings. The molecular weight excluding hydrogens is 446 g/mol. The molecule has 3 aromatic carbocycles. The molecule has 33 heavy (non-hydrogen) atoms. The van der Waals surface area contributed by atoms with Gasteiger partial charge in [0.05, 0.1) is 9.82 Å². The molecule has 1 N–H and O–H groups in total. The van der Waals surface area contributed by atoms with Crippen molar-refractivity contribution in [2.45, 2.75) is 24.5 Å². The zero-order chi connectivity index (χ0) is 24.0. The first-order valence-electron chi connectivity index (χ1n) is 9.99. The fourth-order valence-electron chi connectivity index (χ4n) is 2.96. The van der Waals surface area contributed by atoms with Crippen molar-refractivity contribution in [3.8, 4) is 5.75 Å². The Morgan fingerprint density at radius 2 is 1.64 bits per heavy atom. The number of carbonyl (C=O) groups excluding carboxylic acids is 1. The van der Waals surface area contributed by atoms with Gasteiger partial charge >= 0.3 is 0 Å². The summed E-state index contributed by atoms with van der Waals surface area (Å²) in [4.78, 5) is 22.7. The van der Waals surface area contributed by atoms with Crippen molar-refractivity contribution in [3.63, 3.8) is 0 Å². The molecule has 9 nitrogen and oxygen atoms in total. The van der Waals surface area contributed by atoms with Crippen LogP contribution in [0, 0.1) is 10.1 Å². The van der Waals surface area contributed by atoms with Crippen LogP contribution in [0.15, 0.2) is 83.8 Å². The third kappa shape index (κ3) is 6.15. The largest absolute Gasteiger partial charge is 0.481 e. The molecule has 0 aliphatic heterocycles. The molecule has 0 unspecified atom stereocenters. The zero-order valence-corrected chi connectivity index (χ0v) is 18.9. The van der Waals surface area contributed by atoms with Crippen molar-refractivity contribution in [1.29, 1.82) is 0 Å². The molecule has 0 saturated heterocycles. The van der Waals surface area contributed by atoms with Crippen LogP contribution >= 0.6 is 0 Å². The van der Waals surface area contributed by atoms with E-state index >= 15 is 0 Å². The lowest BCUT2D eigenvalue weighted by molar-refractivity contribution is -0.384. The lowest BCUT2D eigenvalue weighted by Gasteiger charge is -2.18. The highest BCUT2D eigenvalue weighted by atomic mass is 32.2. The fourth-order valence-corrected chi connectivity index (χ4v) is 4.12. The minimum Gasteiger partial charge on any atom is -0.481 e. The maximum absolute atomic E-state index is 12.8. The van der Waals surface area contributed by atoms with Crippen molar-refractivity contribution in [2.75, 3.05) is 12.4 Å². The summed E-state index contributed by atoms with van der Waals surface area (Å²) in [5.74, 6) is -0.142.